The number of carbonyl (C=O) groups excluding carboxylic acids is 2. The first-order valence-electron chi connectivity index (χ1n) is 5.90. The number of ketones is 1. The second-order valence-corrected chi connectivity index (χ2v) is 4.70. The Bertz CT molecular complexity index is 595. The summed E-state index contributed by atoms with van der Waals surface area (Å²) in [5.74, 6) is -1.92. The van der Waals surface area contributed by atoms with Gasteiger partial charge in [-0.05, 0) is 24.6 Å². The third-order valence-electron chi connectivity index (χ3n) is 3.34. The topological polar surface area (TPSA) is 92.7 Å². The third kappa shape index (κ3) is 2.05. The molecule has 0 radical (unpaired) electrons. The molecule has 2 unspecified atom stereocenters. The van der Waals surface area contributed by atoms with Crippen molar-refractivity contribution in [2.24, 2.45) is 11.8 Å². The molecule has 0 bridgehead atoms. The number of amides is 1. The van der Waals surface area contributed by atoms with Crippen LogP contribution in [0.25, 0.3) is 0 Å². The van der Waals surface area contributed by atoms with Gasteiger partial charge in [0.1, 0.15) is 5.75 Å². The van der Waals surface area contributed by atoms with E-state index in [0.29, 0.717) is 23.4 Å². The summed E-state index contributed by atoms with van der Waals surface area (Å²) in [4.78, 5) is 34.0. The molecule has 1 amide bonds. The highest BCUT2D eigenvalue weighted by Crippen LogP contribution is 2.42. The predicted octanol–water partition coefficient (Wildman–Crippen LogP) is 0.921. The Morgan fingerprint density at radius 3 is 2.79 bits per heavy atom. The van der Waals surface area contributed by atoms with Crippen molar-refractivity contribution in [3.63, 3.8) is 0 Å². The van der Waals surface area contributed by atoms with Gasteiger partial charge in [-0.3, -0.25) is 14.4 Å². The first-order valence-corrected chi connectivity index (χ1v) is 5.90. The summed E-state index contributed by atoms with van der Waals surface area (Å²) >= 11 is 0. The maximum Gasteiger partial charge on any atom is 0.307 e. The zero-order valence-electron chi connectivity index (χ0n) is 9.88. The fourth-order valence-corrected chi connectivity index (χ4v) is 2.21. The van der Waals surface area contributed by atoms with Gasteiger partial charge in [-0.2, -0.15) is 0 Å². The Kier molecular flexibility index (Phi) is 2.51. The maximum absolute atomic E-state index is 12.1. The van der Waals surface area contributed by atoms with Crippen LogP contribution in [-0.4, -0.2) is 29.4 Å². The molecule has 19 heavy (non-hydrogen) atoms. The van der Waals surface area contributed by atoms with Crippen LogP contribution in [0.2, 0.25) is 0 Å². The second-order valence-electron chi connectivity index (χ2n) is 4.70. The van der Waals surface area contributed by atoms with Gasteiger partial charge in [-0.15, -0.1) is 0 Å². The smallest absolute Gasteiger partial charge is 0.307 e. The van der Waals surface area contributed by atoms with Crippen LogP contribution in [0.5, 0.6) is 5.75 Å². The van der Waals surface area contributed by atoms with E-state index in [2.05, 4.69) is 5.32 Å². The van der Waals surface area contributed by atoms with Gasteiger partial charge in [0.05, 0.1) is 11.6 Å². The van der Waals surface area contributed by atoms with E-state index in [-0.39, 0.29) is 18.3 Å². The van der Waals surface area contributed by atoms with Crippen molar-refractivity contribution in [2.75, 3.05) is 11.9 Å². The van der Waals surface area contributed by atoms with E-state index in [4.69, 9.17) is 9.84 Å². The molecule has 1 aromatic carbocycles. The lowest BCUT2D eigenvalue weighted by molar-refractivity contribution is -0.138. The Morgan fingerprint density at radius 1 is 1.32 bits per heavy atom. The highest BCUT2D eigenvalue weighted by atomic mass is 16.5. The lowest BCUT2D eigenvalue weighted by atomic mass is 10.0. The summed E-state index contributed by atoms with van der Waals surface area (Å²) < 4.78 is 5.19. The molecule has 1 aliphatic heterocycles. The fraction of sp³-hybridized carbons (Fsp3) is 0.308. The lowest BCUT2D eigenvalue weighted by Crippen LogP contribution is -2.25. The monoisotopic (exact) mass is 261 g/mol. The van der Waals surface area contributed by atoms with E-state index in [0.717, 1.165) is 0 Å². The van der Waals surface area contributed by atoms with Crippen LogP contribution in [0.3, 0.4) is 0 Å². The minimum atomic E-state index is -0.937. The van der Waals surface area contributed by atoms with Crippen LogP contribution in [0.4, 0.5) is 5.69 Å². The number of Topliss-reactive ketones (excluding diaryl/α,β-unsaturated/α-hetero) is 1. The van der Waals surface area contributed by atoms with Gasteiger partial charge in [0.25, 0.3) is 5.91 Å². The van der Waals surface area contributed by atoms with E-state index in [1.54, 1.807) is 12.1 Å². The number of carbonyl (C=O) groups is 3. The molecular formula is C13H11NO5. The predicted molar refractivity (Wildman–Crippen MR) is 64.1 cm³/mol. The molecule has 6 heteroatoms. The van der Waals surface area contributed by atoms with Gasteiger partial charge in [0.2, 0.25) is 0 Å². The zero-order chi connectivity index (χ0) is 13.6. The molecule has 98 valence electrons. The molecule has 1 aliphatic carbocycles. The number of nitrogens with one attached hydrogen (secondary N) is 1. The molecule has 6 nitrogen and oxygen atoms in total. The summed E-state index contributed by atoms with van der Waals surface area (Å²) in [6, 6.07) is 4.74. The van der Waals surface area contributed by atoms with Crippen LogP contribution < -0.4 is 10.1 Å². The van der Waals surface area contributed by atoms with E-state index in [1.165, 1.54) is 6.07 Å². The van der Waals surface area contributed by atoms with Crippen LogP contribution in [-0.2, 0) is 9.59 Å². The summed E-state index contributed by atoms with van der Waals surface area (Å²) in [6.45, 7) is -0.0377. The Morgan fingerprint density at radius 2 is 2.11 bits per heavy atom. The molecule has 1 fully saturated rings. The van der Waals surface area contributed by atoms with Crippen molar-refractivity contribution in [3.8, 4) is 5.75 Å². The molecule has 2 aliphatic rings. The van der Waals surface area contributed by atoms with E-state index >= 15 is 0 Å². The Labute approximate surface area is 108 Å². The van der Waals surface area contributed by atoms with Crippen LogP contribution >= 0.6 is 0 Å². The molecule has 0 spiro atoms. The van der Waals surface area contributed by atoms with Gasteiger partial charge in [-0.1, -0.05) is 0 Å². The van der Waals surface area contributed by atoms with E-state index in [1.807, 2.05) is 0 Å². The standard InChI is InChI=1S/C13H11NO5/c15-11-5-19-10-2-1-6(3-9(10)14-11)12(16)7-4-8(7)13(17)18/h1-3,7-8H,4-5H2,(H,14,15)(H,17,18). The molecule has 0 saturated heterocycles. The first-order chi connectivity index (χ1) is 9.06. The highest BCUT2D eigenvalue weighted by Gasteiger charge is 2.48. The number of hydrogen-bond donors (Lipinski definition) is 2. The van der Waals surface area contributed by atoms with Crippen molar-refractivity contribution in [2.45, 2.75) is 6.42 Å². The van der Waals surface area contributed by atoms with Crippen molar-refractivity contribution in [3.05, 3.63) is 23.8 Å². The molecular weight excluding hydrogens is 250 g/mol. The van der Waals surface area contributed by atoms with Crippen molar-refractivity contribution in [1.29, 1.82) is 0 Å². The molecule has 3 rings (SSSR count). The van der Waals surface area contributed by atoms with Crippen LogP contribution in [0.15, 0.2) is 18.2 Å². The normalized spacial score (nSPS) is 23.9. The van der Waals surface area contributed by atoms with Crippen molar-refractivity contribution in [1.82, 2.24) is 0 Å². The summed E-state index contributed by atoms with van der Waals surface area (Å²) in [5.41, 5.74) is 0.855. The van der Waals surface area contributed by atoms with Gasteiger partial charge in [0, 0.05) is 11.5 Å². The quantitative estimate of drug-likeness (QED) is 0.789. The third-order valence-corrected chi connectivity index (χ3v) is 3.34. The van der Waals surface area contributed by atoms with Gasteiger partial charge in [-0.25, -0.2) is 0 Å². The number of benzene rings is 1. The Balaban J connectivity index is 1.83. The molecule has 1 aromatic rings. The van der Waals surface area contributed by atoms with Crippen molar-refractivity contribution < 1.29 is 24.2 Å². The molecule has 1 heterocycles. The number of rotatable bonds is 3. The molecule has 2 atom stereocenters. The fourth-order valence-electron chi connectivity index (χ4n) is 2.21. The van der Waals surface area contributed by atoms with E-state index < -0.39 is 17.8 Å². The van der Waals surface area contributed by atoms with E-state index in [9.17, 15) is 14.4 Å². The number of aliphatic carboxylic acids is 1. The summed E-state index contributed by atoms with van der Waals surface area (Å²) in [5, 5.41) is 11.4. The number of hydrogen-bond acceptors (Lipinski definition) is 4. The average Bonchev–Trinajstić information content (AvgIpc) is 3.17. The number of fused-ring (bicyclic) bond motifs is 1. The number of anilines is 1. The van der Waals surface area contributed by atoms with Crippen LogP contribution in [0, 0.1) is 11.8 Å². The minimum absolute atomic E-state index is 0.0377. The first kappa shape index (κ1) is 11.7. The molecule has 1 saturated carbocycles. The summed E-state index contributed by atoms with van der Waals surface area (Å²) in [6.07, 6.45) is 0.383. The Hall–Kier alpha value is -2.37. The maximum atomic E-state index is 12.1. The lowest BCUT2D eigenvalue weighted by Gasteiger charge is -2.18. The number of carboxylic acid groups (broad SMARTS) is 1. The van der Waals surface area contributed by atoms with Gasteiger partial charge < -0.3 is 15.2 Å². The van der Waals surface area contributed by atoms with Gasteiger partial charge >= 0.3 is 5.97 Å². The molecule has 0 aromatic heterocycles. The summed E-state index contributed by atoms with van der Waals surface area (Å²) in [7, 11) is 0. The van der Waals surface area contributed by atoms with Crippen molar-refractivity contribution >= 4 is 23.3 Å². The van der Waals surface area contributed by atoms with Crippen LogP contribution in [0.1, 0.15) is 16.8 Å². The highest BCUT2D eigenvalue weighted by molar-refractivity contribution is 6.04. The molecule has 2 N–H and O–H groups in total. The van der Waals surface area contributed by atoms with Gasteiger partial charge in [0.15, 0.2) is 12.4 Å². The number of ether oxygens (including phenoxy) is 1. The largest absolute Gasteiger partial charge is 0.482 e. The SMILES string of the molecule is O=C1COc2ccc(C(=O)C3CC3C(=O)O)cc2N1. The average molecular weight is 261 g/mol. The minimum Gasteiger partial charge on any atom is -0.482 e. The zero-order valence-corrected chi connectivity index (χ0v) is 9.88. The number of carboxylic acids is 1. The second kappa shape index (κ2) is 4.08.